The summed E-state index contributed by atoms with van der Waals surface area (Å²) in [6.07, 6.45) is 0.884. The average molecular weight is 362 g/mol. The third-order valence-corrected chi connectivity index (χ3v) is 4.13. The Hall–Kier alpha value is -2.77. The number of hydrogen-bond acceptors (Lipinski definition) is 4. The third kappa shape index (κ3) is 4.87. The Labute approximate surface area is 153 Å². The standard InChI is InChI=1S/C18H26N4O4/c1-4-7-19-18(25)22-10-8-21(9-11-22)17(24)15-12-14(20-13(2)23)5-6-16(15)26-3/h5-6,12H,4,7-11H2,1-3H3,(H,19,25)(H,20,23). The van der Waals surface area contributed by atoms with Gasteiger partial charge in [-0.1, -0.05) is 6.92 Å². The Morgan fingerprint density at radius 1 is 1.12 bits per heavy atom. The largest absolute Gasteiger partial charge is 0.496 e. The average Bonchev–Trinajstić information content (AvgIpc) is 2.65. The molecule has 1 aromatic carbocycles. The Balaban J connectivity index is 2.05. The first kappa shape index (κ1) is 19.6. The Morgan fingerprint density at radius 2 is 1.77 bits per heavy atom. The molecule has 26 heavy (non-hydrogen) atoms. The summed E-state index contributed by atoms with van der Waals surface area (Å²) in [5, 5.41) is 5.51. The van der Waals surface area contributed by atoms with Crippen molar-refractivity contribution in [2.24, 2.45) is 0 Å². The van der Waals surface area contributed by atoms with Crippen molar-refractivity contribution in [1.82, 2.24) is 15.1 Å². The number of urea groups is 1. The summed E-state index contributed by atoms with van der Waals surface area (Å²) >= 11 is 0. The number of nitrogens with zero attached hydrogens (tertiary/aromatic N) is 2. The van der Waals surface area contributed by atoms with Crippen molar-refractivity contribution in [1.29, 1.82) is 0 Å². The zero-order valence-electron chi connectivity index (χ0n) is 15.5. The Kier molecular flexibility index (Phi) is 6.82. The quantitative estimate of drug-likeness (QED) is 0.831. The lowest BCUT2D eigenvalue weighted by Gasteiger charge is -2.35. The molecule has 1 aliphatic rings. The van der Waals surface area contributed by atoms with Gasteiger partial charge in [-0.2, -0.15) is 0 Å². The molecule has 0 atom stereocenters. The molecular formula is C18H26N4O4. The van der Waals surface area contributed by atoms with Crippen molar-refractivity contribution < 1.29 is 19.1 Å². The highest BCUT2D eigenvalue weighted by Crippen LogP contribution is 2.24. The van der Waals surface area contributed by atoms with Gasteiger partial charge in [0.05, 0.1) is 12.7 Å². The molecule has 2 rings (SSSR count). The topological polar surface area (TPSA) is 91.0 Å². The highest BCUT2D eigenvalue weighted by molar-refractivity contribution is 5.99. The van der Waals surface area contributed by atoms with Crippen molar-refractivity contribution in [2.75, 3.05) is 45.2 Å². The first-order valence-electron chi connectivity index (χ1n) is 8.74. The molecule has 8 nitrogen and oxygen atoms in total. The molecule has 0 saturated carbocycles. The van der Waals surface area contributed by atoms with Crippen LogP contribution in [0.15, 0.2) is 18.2 Å². The maximum absolute atomic E-state index is 12.9. The van der Waals surface area contributed by atoms with Crippen molar-refractivity contribution in [3.8, 4) is 5.75 Å². The van der Waals surface area contributed by atoms with Gasteiger partial charge >= 0.3 is 6.03 Å². The number of rotatable bonds is 5. The molecule has 4 amide bonds. The van der Waals surface area contributed by atoms with E-state index in [0.717, 1.165) is 6.42 Å². The molecule has 0 aromatic heterocycles. The summed E-state index contributed by atoms with van der Waals surface area (Å²) in [6.45, 7) is 5.92. The monoisotopic (exact) mass is 362 g/mol. The number of hydrogen-bond donors (Lipinski definition) is 2. The molecule has 0 unspecified atom stereocenters. The molecule has 142 valence electrons. The first-order chi connectivity index (χ1) is 12.5. The lowest BCUT2D eigenvalue weighted by atomic mass is 10.1. The van der Waals surface area contributed by atoms with Crippen molar-refractivity contribution in [2.45, 2.75) is 20.3 Å². The van der Waals surface area contributed by atoms with Crippen LogP contribution in [0.4, 0.5) is 10.5 Å². The van der Waals surface area contributed by atoms with E-state index in [2.05, 4.69) is 10.6 Å². The molecule has 8 heteroatoms. The summed E-state index contributed by atoms with van der Waals surface area (Å²) in [7, 11) is 1.50. The second-order valence-electron chi connectivity index (χ2n) is 6.11. The number of piperazine rings is 1. The van der Waals surface area contributed by atoms with Gasteiger partial charge in [0.1, 0.15) is 5.75 Å². The predicted octanol–water partition coefficient (Wildman–Crippen LogP) is 1.53. The SMILES string of the molecule is CCCNC(=O)N1CCN(C(=O)c2cc(NC(C)=O)ccc2OC)CC1. The highest BCUT2D eigenvalue weighted by Gasteiger charge is 2.26. The number of nitrogens with one attached hydrogen (secondary N) is 2. The number of benzene rings is 1. The normalized spacial score (nSPS) is 14.0. The van der Waals surface area contributed by atoms with Crippen LogP contribution in [0.5, 0.6) is 5.75 Å². The van der Waals surface area contributed by atoms with Crippen molar-refractivity contribution in [3.63, 3.8) is 0 Å². The van der Waals surface area contributed by atoms with Gasteiger partial charge in [-0.05, 0) is 24.6 Å². The fourth-order valence-corrected chi connectivity index (χ4v) is 2.78. The lowest BCUT2D eigenvalue weighted by Crippen LogP contribution is -2.53. The molecule has 0 bridgehead atoms. The predicted molar refractivity (Wildman–Crippen MR) is 98.5 cm³/mol. The first-order valence-corrected chi connectivity index (χ1v) is 8.74. The minimum atomic E-state index is -0.208. The smallest absolute Gasteiger partial charge is 0.317 e. The molecule has 1 fully saturated rings. The fraction of sp³-hybridized carbons (Fsp3) is 0.500. The second kappa shape index (κ2) is 9.07. The van der Waals surface area contributed by atoms with Gasteiger partial charge in [-0.15, -0.1) is 0 Å². The van der Waals surface area contributed by atoms with Gasteiger partial charge in [0.15, 0.2) is 0 Å². The van der Waals surface area contributed by atoms with E-state index in [-0.39, 0.29) is 17.8 Å². The van der Waals surface area contributed by atoms with Gasteiger partial charge in [-0.3, -0.25) is 9.59 Å². The van der Waals surface area contributed by atoms with Gasteiger partial charge in [0.25, 0.3) is 5.91 Å². The molecule has 1 saturated heterocycles. The Bertz CT molecular complexity index is 669. The van der Waals surface area contributed by atoms with Crippen LogP contribution in [0.1, 0.15) is 30.6 Å². The van der Waals surface area contributed by atoms with Crippen LogP contribution in [0, 0.1) is 0 Å². The summed E-state index contributed by atoms with van der Waals surface area (Å²) < 4.78 is 5.29. The minimum Gasteiger partial charge on any atom is -0.496 e. The summed E-state index contributed by atoms with van der Waals surface area (Å²) in [4.78, 5) is 39.5. The van der Waals surface area contributed by atoms with E-state index in [4.69, 9.17) is 4.74 Å². The van der Waals surface area contributed by atoms with Gasteiger partial charge < -0.3 is 25.2 Å². The molecule has 0 spiro atoms. The number of methoxy groups -OCH3 is 1. The van der Waals surface area contributed by atoms with E-state index in [1.807, 2.05) is 6.92 Å². The second-order valence-corrected chi connectivity index (χ2v) is 6.11. The number of carbonyl (C=O) groups excluding carboxylic acids is 3. The van der Waals surface area contributed by atoms with Gasteiger partial charge in [0, 0.05) is 45.3 Å². The number of carbonyl (C=O) groups is 3. The van der Waals surface area contributed by atoms with Crippen molar-refractivity contribution in [3.05, 3.63) is 23.8 Å². The van der Waals surface area contributed by atoms with Crippen molar-refractivity contribution >= 4 is 23.5 Å². The van der Waals surface area contributed by atoms with E-state index in [0.29, 0.717) is 49.7 Å². The van der Waals surface area contributed by atoms with E-state index in [1.165, 1.54) is 14.0 Å². The zero-order chi connectivity index (χ0) is 19.1. The third-order valence-electron chi connectivity index (χ3n) is 4.13. The Morgan fingerprint density at radius 3 is 2.35 bits per heavy atom. The summed E-state index contributed by atoms with van der Waals surface area (Å²) in [5.74, 6) is 0.0650. The van der Waals surface area contributed by atoms with E-state index >= 15 is 0 Å². The van der Waals surface area contributed by atoms with Crippen LogP contribution >= 0.6 is 0 Å². The maximum atomic E-state index is 12.9. The van der Waals surface area contributed by atoms with Crippen LogP contribution in [-0.2, 0) is 4.79 Å². The number of anilines is 1. The number of amides is 4. The zero-order valence-corrected chi connectivity index (χ0v) is 15.5. The van der Waals surface area contributed by atoms with Crippen LogP contribution in [0.2, 0.25) is 0 Å². The highest BCUT2D eigenvalue weighted by atomic mass is 16.5. The molecule has 1 aliphatic heterocycles. The maximum Gasteiger partial charge on any atom is 0.317 e. The van der Waals surface area contributed by atoms with Crippen LogP contribution in [-0.4, -0.2) is 67.5 Å². The van der Waals surface area contributed by atoms with Gasteiger partial charge in [-0.25, -0.2) is 4.79 Å². The van der Waals surface area contributed by atoms with E-state index < -0.39 is 0 Å². The van der Waals surface area contributed by atoms with E-state index in [9.17, 15) is 14.4 Å². The van der Waals surface area contributed by atoms with Gasteiger partial charge in [0.2, 0.25) is 5.91 Å². The molecule has 1 heterocycles. The van der Waals surface area contributed by atoms with Crippen LogP contribution in [0.3, 0.4) is 0 Å². The molecule has 2 N–H and O–H groups in total. The number of ether oxygens (including phenoxy) is 1. The molecule has 0 radical (unpaired) electrons. The summed E-state index contributed by atoms with van der Waals surface area (Å²) in [5.41, 5.74) is 0.932. The summed E-state index contributed by atoms with van der Waals surface area (Å²) in [6, 6.07) is 4.87. The molecule has 1 aromatic rings. The van der Waals surface area contributed by atoms with Crippen LogP contribution in [0.25, 0.3) is 0 Å². The molecule has 0 aliphatic carbocycles. The van der Waals surface area contributed by atoms with E-state index in [1.54, 1.807) is 28.0 Å². The van der Waals surface area contributed by atoms with Crippen LogP contribution < -0.4 is 15.4 Å². The molecular weight excluding hydrogens is 336 g/mol. The lowest BCUT2D eigenvalue weighted by molar-refractivity contribution is -0.114. The minimum absolute atomic E-state index is 0.0933. The fourth-order valence-electron chi connectivity index (χ4n) is 2.78.